The van der Waals surface area contributed by atoms with Crippen molar-refractivity contribution in [2.45, 2.75) is 6.61 Å². The molecule has 0 bridgehead atoms. The maximum atomic E-state index is 5.99. The van der Waals surface area contributed by atoms with Crippen LogP contribution in [0.15, 0.2) is 82.4 Å². The second kappa shape index (κ2) is 9.72. The highest BCUT2D eigenvalue weighted by Gasteiger charge is 2.11. The summed E-state index contributed by atoms with van der Waals surface area (Å²) in [6.45, 7) is 0.441. The highest BCUT2D eigenvalue weighted by molar-refractivity contribution is 9.10. The van der Waals surface area contributed by atoms with E-state index in [1.165, 1.54) is 0 Å². The number of methoxy groups -OCH3 is 1. The fraction of sp³-hybridized carbons (Fsp3) is 0.0870. The first-order valence-electron chi connectivity index (χ1n) is 9.47. The van der Waals surface area contributed by atoms with Crippen molar-refractivity contribution >= 4 is 34.4 Å². The van der Waals surface area contributed by atoms with E-state index in [4.69, 9.17) is 21.7 Å². The third-order valence-corrected chi connectivity index (χ3v) is 5.47. The van der Waals surface area contributed by atoms with Crippen LogP contribution in [0.5, 0.6) is 11.5 Å². The molecule has 1 heterocycles. The van der Waals surface area contributed by atoms with Gasteiger partial charge in [-0.15, -0.1) is 0 Å². The van der Waals surface area contributed by atoms with E-state index in [1.54, 1.807) is 18.0 Å². The summed E-state index contributed by atoms with van der Waals surface area (Å²) >= 11 is 8.91. The average Bonchev–Trinajstić information content (AvgIpc) is 3.17. The van der Waals surface area contributed by atoms with Crippen LogP contribution >= 0.6 is 28.1 Å². The molecule has 1 aromatic heterocycles. The number of aromatic nitrogens is 3. The number of H-pyrrole nitrogens is 1. The highest BCUT2D eigenvalue weighted by atomic mass is 79.9. The number of ether oxygens (including phenoxy) is 2. The van der Waals surface area contributed by atoms with Gasteiger partial charge in [0.2, 0.25) is 4.77 Å². The van der Waals surface area contributed by atoms with Gasteiger partial charge in [0.25, 0.3) is 0 Å². The fourth-order valence-electron chi connectivity index (χ4n) is 2.96. The topological polar surface area (TPSA) is 64.4 Å². The molecule has 1 N–H and O–H groups in total. The molecule has 0 fully saturated rings. The predicted octanol–water partition coefficient (Wildman–Crippen LogP) is 5.84. The molecule has 6 nitrogen and oxygen atoms in total. The minimum atomic E-state index is 0.399. The quantitative estimate of drug-likeness (QED) is 0.259. The first kappa shape index (κ1) is 21.0. The van der Waals surface area contributed by atoms with E-state index in [0.717, 1.165) is 21.2 Å². The summed E-state index contributed by atoms with van der Waals surface area (Å²) in [7, 11) is 1.62. The van der Waals surface area contributed by atoms with Gasteiger partial charge in [-0.05, 0) is 53.7 Å². The Morgan fingerprint density at radius 1 is 1.06 bits per heavy atom. The Balaban J connectivity index is 1.61. The molecule has 8 heteroatoms. The molecule has 0 aliphatic rings. The van der Waals surface area contributed by atoms with Crippen molar-refractivity contribution < 1.29 is 9.47 Å². The molecule has 156 valence electrons. The van der Waals surface area contributed by atoms with Gasteiger partial charge in [-0.3, -0.25) is 0 Å². The molecule has 0 saturated heterocycles. The molecular formula is C23H19BrN4O2S. The normalized spacial score (nSPS) is 11.0. The number of halogens is 1. The molecule has 31 heavy (non-hydrogen) atoms. The van der Waals surface area contributed by atoms with Crippen molar-refractivity contribution in [2.75, 3.05) is 7.11 Å². The van der Waals surface area contributed by atoms with Gasteiger partial charge in [0, 0.05) is 10.0 Å². The van der Waals surface area contributed by atoms with E-state index >= 15 is 0 Å². The van der Waals surface area contributed by atoms with Crippen LogP contribution in [0, 0.1) is 4.77 Å². The Hall–Kier alpha value is -3.23. The number of nitrogens with one attached hydrogen (secondary N) is 1. The standard InChI is InChI=1S/C23H19BrN4O2S/c1-29-20-12-11-17(13-21(20)30-15-16-7-3-2-4-8-16)14-25-28-22(26-27-23(28)31)18-9-5-6-10-19(18)24/h2-14H,15H2,1H3,(H,27,31)/b25-14-. The fourth-order valence-corrected chi connectivity index (χ4v) is 3.60. The SMILES string of the molecule is COc1ccc(/C=N\n2c(-c3ccccc3Br)n[nH]c2=S)cc1OCc1ccccc1. The minimum Gasteiger partial charge on any atom is -0.493 e. The zero-order valence-corrected chi connectivity index (χ0v) is 19.1. The maximum Gasteiger partial charge on any atom is 0.216 e. The Morgan fingerprint density at radius 3 is 2.61 bits per heavy atom. The Morgan fingerprint density at radius 2 is 1.84 bits per heavy atom. The van der Waals surface area contributed by atoms with Crippen molar-refractivity contribution in [3.63, 3.8) is 0 Å². The van der Waals surface area contributed by atoms with Gasteiger partial charge in [0.1, 0.15) is 6.61 Å². The van der Waals surface area contributed by atoms with Gasteiger partial charge in [0.15, 0.2) is 17.3 Å². The van der Waals surface area contributed by atoms with E-state index in [0.29, 0.717) is 28.7 Å². The molecule has 0 amide bonds. The zero-order valence-electron chi connectivity index (χ0n) is 16.7. The summed E-state index contributed by atoms with van der Waals surface area (Å²) in [5.41, 5.74) is 2.80. The van der Waals surface area contributed by atoms with Crippen molar-refractivity contribution in [1.29, 1.82) is 0 Å². The third kappa shape index (κ3) is 4.92. The number of hydrogen-bond acceptors (Lipinski definition) is 5. The van der Waals surface area contributed by atoms with Crippen LogP contribution in [-0.4, -0.2) is 28.2 Å². The zero-order chi connectivity index (χ0) is 21.6. The number of aromatic amines is 1. The molecule has 0 atom stereocenters. The van der Waals surface area contributed by atoms with Crippen molar-refractivity contribution in [3.05, 3.63) is 93.2 Å². The van der Waals surface area contributed by atoms with Crippen LogP contribution in [0.3, 0.4) is 0 Å². The van der Waals surface area contributed by atoms with E-state index in [9.17, 15) is 0 Å². The van der Waals surface area contributed by atoms with Gasteiger partial charge < -0.3 is 9.47 Å². The molecule has 0 aliphatic carbocycles. The predicted molar refractivity (Wildman–Crippen MR) is 127 cm³/mol. The van der Waals surface area contributed by atoms with Gasteiger partial charge in [-0.1, -0.05) is 58.4 Å². The molecular weight excluding hydrogens is 476 g/mol. The summed E-state index contributed by atoms with van der Waals surface area (Å²) < 4.78 is 14.3. The summed E-state index contributed by atoms with van der Waals surface area (Å²) in [5.74, 6) is 1.90. The lowest BCUT2D eigenvalue weighted by molar-refractivity contribution is 0.284. The smallest absolute Gasteiger partial charge is 0.216 e. The van der Waals surface area contributed by atoms with Crippen molar-refractivity contribution in [2.24, 2.45) is 5.10 Å². The second-order valence-corrected chi connectivity index (χ2v) is 7.81. The molecule has 0 aliphatic heterocycles. The van der Waals surface area contributed by atoms with Crippen LogP contribution < -0.4 is 9.47 Å². The first-order chi connectivity index (χ1) is 15.2. The number of nitrogens with zero attached hydrogens (tertiary/aromatic N) is 3. The lowest BCUT2D eigenvalue weighted by atomic mass is 10.2. The van der Waals surface area contributed by atoms with E-state index in [2.05, 4.69) is 31.2 Å². The van der Waals surface area contributed by atoms with Gasteiger partial charge in [-0.2, -0.15) is 14.9 Å². The minimum absolute atomic E-state index is 0.399. The Bertz CT molecular complexity index is 1270. The average molecular weight is 495 g/mol. The molecule has 3 aromatic carbocycles. The van der Waals surface area contributed by atoms with Crippen molar-refractivity contribution in [3.8, 4) is 22.9 Å². The maximum absolute atomic E-state index is 5.99. The summed E-state index contributed by atoms with van der Waals surface area (Å²) in [5, 5.41) is 11.7. The second-order valence-electron chi connectivity index (χ2n) is 6.57. The summed E-state index contributed by atoms with van der Waals surface area (Å²) in [4.78, 5) is 0. The van der Waals surface area contributed by atoms with Crippen LogP contribution in [0.25, 0.3) is 11.4 Å². The monoisotopic (exact) mass is 494 g/mol. The van der Waals surface area contributed by atoms with Crippen LogP contribution in [-0.2, 0) is 6.61 Å². The number of hydrogen-bond donors (Lipinski definition) is 1. The largest absolute Gasteiger partial charge is 0.493 e. The first-order valence-corrected chi connectivity index (χ1v) is 10.7. The van der Waals surface area contributed by atoms with Gasteiger partial charge >= 0.3 is 0 Å². The van der Waals surface area contributed by atoms with Gasteiger partial charge in [-0.25, -0.2) is 5.10 Å². The van der Waals surface area contributed by atoms with E-state index < -0.39 is 0 Å². The summed E-state index contributed by atoms with van der Waals surface area (Å²) in [6.07, 6.45) is 1.71. The molecule has 0 unspecified atom stereocenters. The van der Waals surface area contributed by atoms with Crippen LogP contribution in [0.1, 0.15) is 11.1 Å². The lowest BCUT2D eigenvalue weighted by Gasteiger charge is -2.11. The van der Waals surface area contributed by atoms with E-state index in [1.807, 2.05) is 72.8 Å². The van der Waals surface area contributed by atoms with Gasteiger partial charge in [0.05, 0.1) is 13.3 Å². The molecule has 4 rings (SSSR count). The highest BCUT2D eigenvalue weighted by Crippen LogP contribution is 2.29. The molecule has 4 aromatic rings. The summed E-state index contributed by atoms with van der Waals surface area (Å²) in [6, 6.07) is 23.4. The van der Waals surface area contributed by atoms with Crippen molar-refractivity contribution in [1.82, 2.24) is 14.9 Å². The van der Waals surface area contributed by atoms with E-state index in [-0.39, 0.29) is 0 Å². The molecule has 0 spiro atoms. The molecule has 0 radical (unpaired) electrons. The van der Waals surface area contributed by atoms with Crippen LogP contribution in [0.4, 0.5) is 0 Å². The molecule has 0 saturated carbocycles. The number of benzene rings is 3. The van der Waals surface area contributed by atoms with Crippen LogP contribution in [0.2, 0.25) is 0 Å². The Labute approximate surface area is 193 Å². The third-order valence-electron chi connectivity index (χ3n) is 4.51. The number of rotatable bonds is 7. The Kier molecular flexibility index (Phi) is 6.59. The lowest BCUT2D eigenvalue weighted by Crippen LogP contribution is -1.99.